The predicted octanol–water partition coefficient (Wildman–Crippen LogP) is 2.74. The number of nitrogens with one attached hydrogen (secondary N) is 1. The van der Waals surface area contributed by atoms with Crippen LogP contribution < -0.4 is 11.3 Å². The summed E-state index contributed by atoms with van der Waals surface area (Å²) in [6, 6.07) is 0.0517. The highest BCUT2D eigenvalue weighted by Gasteiger charge is 2.39. The summed E-state index contributed by atoms with van der Waals surface area (Å²) in [5, 5.41) is -1.64. The fourth-order valence-electron chi connectivity index (χ4n) is 0.830. The van der Waals surface area contributed by atoms with Crippen LogP contribution in [0.15, 0.2) is 11.4 Å². The number of hydrogen-bond donors (Lipinski definition) is 2. The van der Waals surface area contributed by atoms with E-state index in [1.54, 1.807) is 5.38 Å². The van der Waals surface area contributed by atoms with E-state index in [0.29, 0.717) is 0 Å². The van der Waals surface area contributed by atoms with Crippen LogP contribution in [0.2, 0.25) is 5.02 Å². The van der Waals surface area contributed by atoms with E-state index in [1.165, 1.54) is 6.07 Å². The van der Waals surface area contributed by atoms with Gasteiger partial charge in [0.05, 0.1) is 5.02 Å². The predicted molar refractivity (Wildman–Crippen MR) is 50.2 cm³/mol. The van der Waals surface area contributed by atoms with Crippen molar-refractivity contribution in [3.63, 3.8) is 0 Å². The molecule has 0 aromatic carbocycles. The summed E-state index contributed by atoms with van der Waals surface area (Å²) in [6.07, 6.45) is 0. The molecule has 0 saturated heterocycles. The Morgan fingerprint density at radius 3 is 2.54 bits per heavy atom. The standard InChI is InChI=1S/C6H6Cl2F2N2S/c7-3-1-2-13-4(3)5(12-11)6(8,9)10/h1-2,5,12H,11H2. The molecule has 0 fully saturated rings. The molecule has 0 aliphatic rings. The number of nitrogens with two attached hydrogens (primary N) is 1. The third-order valence-corrected chi connectivity index (χ3v) is 3.04. The second-order valence-electron chi connectivity index (χ2n) is 2.27. The number of thiophene rings is 1. The molecule has 0 radical (unpaired) electrons. The number of rotatable bonds is 3. The second-order valence-corrected chi connectivity index (χ2v) is 4.13. The minimum Gasteiger partial charge on any atom is -0.271 e. The largest absolute Gasteiger partial charge is 0.342 e. The highest BCUT2D eigenvalue weighted by atomic mass is 35.5. The zero-order chi connectivity index (χ0) is 10.1. The van der Waals surface area contributed by atoms with Crippen LogP contribution in [-0.4, -0.2) is 5.38 Å². The van der Waals surface area contributed by atoms with Crippen molar-refractivity contribution in [2.24, 2.45) is 5.84 Å². The smallest absolute Gasteiger partial charge is 0.271 e. The molecule has 1 aromatic heterocycles. The van der Waals surface area contributed by atoms with Crippen molar-refractivity contribution >= 4 is 34.5 Å². The van der Waals surface area contributed by atoms with Gasteiger partial charge in [-0.05, 0) is 23.0 Å². The first-order valence-electron chi connectivity index (χ1n) is 3.22. The van der Waals surface area contributed by atoms with Gasteiger partial charge in [-0.2, -0.15) is 8.78 Å². The monoisotopic (exact) mass is 246 g/mol. The van der Waals surface area contributed by atoms with Crippen molar-refractivity contribution in [1.29, 1.82) is 0 Å². The number of hydrazine groups is 1. The van der Waals surface area contributed by atoms with Gasteiger partial charge in [0, 0.05) is 4.88 Å². The molecule has 0 saturated carbocycles. The summed E-state index contributed by atoms with van der Waals surface area (Å²) in [7, 11) is 0. The first-order chi connectivity index (χ1) is 5.96. The third kappa shape index (κ3) is 2.51. The Balaban J connectivity index is 2.98. The van der Waals surface area contributed by atoms with Crippen LogP contribution in [0.25, 0.3) is 0 Å². The van der Waals surface area contributed by atoms with Gasteiger partial charge in [-0.1, -0.05) is 11.6 Å². The summed E-state index contributed by atoms with van der Waals surface area (Å²) in [5.74, 6) is 4.95. The summed E-state index contributed by atoms with van der Waals surface area (Å²) < 4.78 is 25.4. The molecule has 0 aliphatic carbocycles. The highest BCUT2D eigenvalue weighted by molar-refractivity contribution is 7.10. The van der Waals surface area contributed by atoms with E-state index in [0.717, 1.165) is 11.3 Å². The molecule has 1 aromatic rings. The zero-order valence-corrected chi connectivity index (χ0v) is 8.56. The van der Waals surface area contributed by atoms with Crippen LogP contribution in [0.1, 0.15) is 10.9 Å². The van der Waals surface area contributed by atoms with Gasteiger partial charge in [0.25, 0.3) is 0 Å². The Hall–Kier alpha value is 0.0600. The third-order valence-electron chi connectivity index (χ3n) is 1.40. The maximum atomic E-state index is 12.7. The Bertz CT molecular complexity index is 286. The van der Waals surface area contributed by atoms with Gasteiger partial charge in [-0.3, -0.25) is 5.84 Å². The van der Waals surface area contributed by atoms with Crippen molar-refractivity contribution in [3.8, 4) is 0 Å². The van der Waals surface area contributed by atoms with E-state index in [9.17, 15) is 8.78 Å². The summed E-state index contributed by atoms with van der Waals surface area (Å²) in [4.78, 5) is 0.226. The lowest BCUT2D eigenvalue weighted by molar-refractivity contribution is 0.0512. The maximum absolute atomic E-state index is 12.7. The molecule has 1 unspecified atom stereocenters. The van der Waals surface area contributed by atoms with E-state index >= 15 is 0 Å². The average Bonchev–Trinajstić information content (AvgIpc) is 2.35. The summed E-state index contributed by atoms with van der Waals surface area (Å²) in [6.45, 7) is 0. The molecular formula is C6H6Cl2F2N2S. The maximum Gasteiger partial charge on any atom is 0.342 e. The van der Waals surface area contributed by atoms with Crippen molar-refractivity contribution in [2.75, 3.05) is 0 Å². The average molecular weight is 247 g/mol. The van der Waals surface area contributed by atoms with Gasteiger partial charge < -0.3 is 0 Å². The van der Waals surface area contributed by atoms with Crippen molar-refractivity contribution < 1.29 is 8.78 Å². The molecular weight excluding hydrogens is 241 g/mol. The first kappa shape index (κ1) is 11.1. The van der Waals surface area contributed by atoms with Gasteiger partial charge in [0.15, 0.2) is 0 Å². The number of alkyl halides is 3. The van der Waals surface area contributed by atoms with Crippen LogP contribution in [0.5, 0.6) is 0 Å². The lowest BCUT2D eigenvalue weighted by Gasteiger charge is -2.19. The second kappa shape index (κ2) is 4.06. The molecule has 0 bridgehead atoms. The zero-order valence-electron chi connectivity index (χ0n) is 6.23. The van der Waals surface area contributed by atoms with E-state index < -0.39 is 11.4 Å². The Labute approximate surface area is 87.6 Å². The topological polar surface area (TPSA) is 38.0 Å². The molecule has 74 valence electrons. The molecule has 3 N–H and O–H groups in total. The molecule has 13 heavy (non-hydrogen) atoms. The lowest BCUT2D eigenvalue weighted by Crippen LogP contribution is -2.37. The molecule has 1 heterocycles. The molecule has 0 amide bonds. The van der Waals surface area contributed by atoms with Crippen molar-refractivity contribution in [3.05, 3.63) is 21.3 Å². The SMILES string of the molecule is NNC(c1sccc1Cl)C(F)(F)Cl. The Kier molecular flexibility index (Phi) is 3.48. The molecule has 0 spiro atoms. The fraction of sp³-hybridized carbons (Fsp3) is 0.333. The van der Waals surface area contributed by atoms with Crippen molar-refractivity contribution in [2.45, 2.75) is 11.4 Å². The molecule has 1 rings (SSSR count). The van der Waals surface area contributed by atoms with E-state index in [1.807, 2.05) is 5.43 Å². The van der Waals surface area contributed by atoms with Gasteiger partial charge >= 0.3 is 5.38 Å². The van der Waals surface area contributed by atoms with Crippen LogP contribution >= 0.6 is 34.5 Å². The molecule has 7 heteroatoms. The van der Waals surface area contributed by atoms with Crippen LogP contribution in [0.3, 0.4) is 0 Å². The summed E-state index contributed by atoms with van der Waals surface area (Å²) in [5.41, 5.74) is 1.93. The lowest BCUT2D eigenvalue weighted by atomic mass is 10.2. The van der Waals surface area contributed by atoms with Crippen LogP contribution in [0, 0.1) is 0 Å². The minimum atomic E-state index is -3.46. The molecule has 0 aliphatic heterocycles. The normalized spacial score (nSPS) is 14.5. The van der Waals surface area contributed by atoms with Crippen LogP contribution in [0.4, 0.5) is 8.78 Å². The molecule has 1 atom stereocenters. The van der Waals surface area contributed by atoms with Gasteiger partial charge in [-0.25, -0.2) is 5.43 Å². The van der Waals surface area contributed by atoms with Gasteiger partial charge in [-0.15, -0.1) is 11.3 Å². The molecule has 2 nitrogen and oxygen atoms in total. The fourth-order valence-corrected chi connectivity index (χ4v) is 2.33. The summed E-state index contributed by atoms with van der Waals surface area (Å²) >= 11 is 11.5. The van der Waals surface area contributed by atoms with E-state index in [2.05, 4.69) is 0 Å². The van der Waals surface area contributed by atoms with Crippen LogP contribution in [-0.2, 0) is 0 Å². The number of hydrogen-bond acceptors (Lipinski definition) is 3. The highest BCUT2D eigenvalue weighted by Crippen LogP contribution is 2.39. The minimum absolute atomic E-state index is 0.226. The van der Waals surface area contributed by atoms with Gasteiger partial charge in [0.1, 0.15) is 6.04 Å². The quantitative estimate of drug-likeness (QED) is 0.489. The van der Waals surface area contributed by atoms with E-state index in [-0.39, 0.29) is 9.90 Å². The Morgan fingerprint density at radius 1 is 1.62 bits per heavy atom. The Morgan fingerprint density at radius 2 is 2.23 bits per heavy atom. The van der Waals surface area contributed by atoms with Crippen molar-refractivity contribution in [1.82, 2.24) is 5.43 Å². The van der Waals surface area contributed by atoms with Gasteiger partial charge in [0.2, 0.25) is 0 Å². The first-order valence-corrected chi connectivity index (χ1v) is 4.86. The number of halogens is 4. The van der Waals surface area contributed by atoms with E-state index in [4.69, 9.17) is 29.0 Å².